The minimum absolute atomic E-state index is 0.594. The van der Waals surface area contributed by atoms with Crippen molar-refractivity contribution in [3.05, 3.63) is 29.5 Å². The van der Waals surface area contributed by atoms with Crippen molar-refractivity contribution in [3.63, 3.8) is 0 Å². The first-order valence-corrected chi connectivity index (χ1v) is 4.23. The van der Waals surface area contributed by atoms with Gasteiger partial charge in [-0.2, -0.15) is 0 Å². The number of rotatable bonds is 0. The first-order chi connectivity index (χ1) is 5.38. The lowest BCUT2D eigenvalue weighted by Gasteiger charge is -2.30. The van der Waals surface area contributed by atoms with Gasteiger partial charge in [-0.25, -0.2) is 0 Å². The van der Waals surface area contributed by atoms with E-state index in [1.807, 2.05) is 6.08 Å². The molecule has 1 heteroatoms. The van der Waals surface area contributed by atoms with E-state index in [4.69, 9.17) is 0 Å². The van der Waals surface area contributed by atoms with Crippen molar-refractivity contribution in [1.29, 1.82) is 0 Å². The molecule has 0 aromatic rings. The molecule has 1 saturated heterocycles. The molecule has 1 aliphatic carbocycles. The van der Waals surface area contributed by atoms with Crippen LogP contribution in [-0.2, 0) is 0 Å². The van der Waals surface area contributed by atoms with Gasteiger partial charge in [0.25, 0.3) is 0 Å². The Morgan fingerprint density at radius 2 is 2.55 bits per heavy atom. The summed E-state index contributed by atoms with van der Waals surface area (Å²) in [4.78, 5) is 0. The average Bonchev–Trinajstić information content (AvgIpc) is 2.06. The van der Waals surface area contributed by atoms with Crippen molar-refractivity contribution in [2.45, 2.75) is 19.4 Å². The molecule has 11 heavy (non-hydrogen) atoms. The molecule has 2 rings (SSSR count). The van der Waals surface area contributed by atoms with Gasteiger partial charge in [0.15, 0.2) is 0 Å². The Balaban J connectivity index is 2.27. The van der Waals surface area contributed by atoms with E-state index < -0.39 is 0 Å². The van der Waals surface area contributed by atoms with Crippen molar-refractivity contribution in [3.8, 4) is 0 Å². The van der Waals surface area contributed by atoms with Gasteiger partial charge in [0.2, 0.25) is 0 Å². The highest BCUT2D eigenvalue weighted by Crippen LogP contribution is 2.25. The molecule has 0 aromatic carbocycles. The Hall–Kier alpha value is -0.780. The van der Waals surface area contributed by atoms with E-state index in [-0.39, 0.29) is 0 Å². The Labute approximate surface area is 67.5 Å². The van der Waals surface area contributed by atoms with E-state index >= 15 is 0 Å². The third-order valence-corrected chi connectivity index (χ3v) is 2.52. The lowest BCUT2D eigenvalue weighted by Crippen LogP contribution is -2.39. The number of hydrogen-bond acceptors (Lipinski definition) is 1. The van der Waals surface area contributed by atoms with E-state index in [1.165, 1.54) is 6.42 Å². The van der Waals surface area contributed by atoms with E-state index in [0.29, 0.717) is 12.0 Å². The molecule has 58 valence electrons. The second kappa shape index (κ2) is 2.69. The number of nitrogens with one attached hydrogen (secondary N) is 1. The van der Waals surface area contributed by atoms with Gasteiger partial charge in [0.1, 0.15) is 0 Å². The van der Waals surface area contributed by atoms with Crippen LogP contribution in [0, 0.1) is 5.92 Å². The van der Waals surface area contributed by atoms with E-state index in [1.54, 1.807) is 5.57 Å². The molecule has 0 saturated carbocycles. The minimum atomic E-state index is 0.594. The van der Waals surface area contributed by atoms with Gasteiger partial charge in [-0.05, 0) is 32.0 Å². The Bertz CT molecular complexity index is 244. The molecule has 1 aliphatic heterocycles. The molecule has 1 heterocycles. The van der Waals surface area contributed by atoms with Gasteiger partial charge in [0, 0.05) is 12.0 Å². The summed E-state index contributed by atoms with van der Waals surface area (Å²) in [5.74, 6) is 0.605. The van der Waals surface area contributed by atoms with Crippen LogP contribution in [0.2, 0.25) is 0 Å². The van der Waals surface area contributed by atoms with E-state index in [2.05, 4.69) is 30.1 Å². The zero-order valence-electron chi connectivity index (χ0n) is 6.80. The summed E-state index contributed by atoms with van der Waals surface area (Å²) < 4.78 is 0. The summed E-state index contributed by atoms with van der Waals surface area (Å²) in [6.07, 6.45) is 7.60. The lowest BCUT2D eigenvalue weighted by molar-refractivity contribution is 0.423. The molecule has 2 atom stereocenters. The van der Waals surface area contributed by atoms with Gasteiger partial charge < -0.3 is 5.32 Å². The molecule has 0 radical (unpaired) electrons. The third kappa shape index (κ3) is 1.18. The number of hydrogen-bond donors (Lipinski definition) is 1. The smallest absolute Gasteiger partial charge is 0.0208 e. The van der Waals surface area contributed by atoms with Gasteiger partial charge in [-0.15, -0.1) is 5.73 Å². The number of allylic oxidation sites excluding steroid dienone is 1. The fourth-order valence-electron chi connectivity index (χ4n) is 1.82. The van der Waals surface area contributed by atoms with Crippen LogP contribution in [0.15, 0.2) is 29.5 Å². The highest BCUT2D eigenvalue weighted by atomic mass is 14.9. The van der Waals surface area contributed by atoms with Crippen LogP contribution in [0.5, 0.6) is 0 Å². The maximum atomic E-state index is 3.46. The van der Waals surface area contributed by atoms with Gasteiger partial charge in [-0.3, -0.25) is 0 Å². The number of piperidine rings is 1. The highest BCUT2D eigenvalue weighted by molar-refractivity contribution is 5.27. The Kier molecular flexibility index (Phi) is 1.69. The topological polar surface area (TPSA) is 12.0 Å². The zero-order chi connectivity index (χ0) is 7.68. The molecule has 0 spiro atoms. The maximum Gasteiger partial charge on any atom is 0.0208 e. The lowest BCUT2D eigenvalue weighted by atomic mass is 9.85. The Morgan fingerprint density at radius 1 is 1.64 bits per heavy atom. The predicted molar refractivity (Wildman–Crippen MR) is 46.3 cm³/mol. The van der Waals surface area contributed by atoms with Gasteiger partial charge in [0.05, 0.1) is 0 Å². The standard InChI is InChI=1S/C10H13N/c1-8-10-5-3-2-4-9(10)6-7-11-8/h2,4-5,8,10-11H,6-7H2,1H3. The largest absolute Gasteiger partial charge is 0.313 e. The van der Waals surface area contributed by atoms with Crippen LogP contribution < -0.4 is 5.32 Å². The summed E-state index contributed by atoms with van der Waals surface area (Å²) in [5.41, 5.74) is 4.71. The van der Waals surface area contributed by atoms with Crippen molar-refractivity contribution in [1.82, 2.24) is 5.32 Å². The van der Waals surface area contributed by atoms with Crippen molar-refractivity contribution in [2.75, 3.05) is 6.54 Å². The molecule has 2 unspecified atom stereocenters. The fraction of sp³-hybridized carbons (Fsp3) is 0.500. The van der Waals surface area contributed by atoms with Crippen LogP contribution >= 0.6 is 0 Å². The fourth-order valence-corrected chi connectivity index (χ4v) is 1.82. The summed E-state index contributed by atoms with van der Waals surface area (Å²) in [6, 6.07) is 0.594. The maximum absolute atomic E-state index is 3.46. The van der Waals surface area contributed by atoms with Gasteiger partial charge in [-0.1, -0.05) is 11.6 Å². The van der Waals surface area contributed by atoms with Crippen molar-refractivity contribution >= 4 is 0 Å². The average molecular weight is 147 g/mol. The first-order valence-electron chi connectivity index (χ1n) is 4.23. The molecular weight excluding hydrogens is 134 g/mol. The third-order valence-electron chi connectivity index (χ3n) is 2.52. The molecular formula is C10H13N. The molecule has 1 fully saturated rings. The second-order valence-electron chi connectivity index (χ2n) is 3.26. The molecule has 0 amide bonds. The van der Waals surface area contributed by atoms with E-state index in [0.717, 1.165) is 6.54 Å². The van der Waals surface area contributed by atoms with Gasteiger partial charge >= 0.3 is 0 Å². The number of fused-ring (bicyclic) bond motifs is 1. The molecule has 1 N–H and O–H groups in total. The summed E-state index contributed by atoms with van der Waals surface area (Å²) in [6.45, 7) is 3.37. The Morgan fingerprint density at radius 3 is 3.36 bits per heavy atom. The van der Waals surface area contributed by atoms with E-state index in [9.17, 15) is 0 Å². The predicted octanol–water partition coefficient (Wildman–Crippen LogP) is 1.64. The van der Waals surface area contributed by atoms with Crippen LogP contribution in [0.3, 0.4) is 0 Å². The van der Waals surface area contributed by atoms with Crippen LogP contribution in [-0.4, -0.2) is 12.6 Å². The van der Waals surface area contributed by atoms with Crippen molar-refractivity contribution < 1.29 is 0 Å². The van der Waals surface area contributed by atoms with Crippen LogP contribution in [0.25, 0.3) is 0 Å². The summed E-state index contributed by atoms with van der Waals surface area (Å²) in [7, 11) is 0. The summed E-state index contributed by atoms with van der Waals surface area (Å²) >= 11 is 0. The van der Waals surface area contributed by atoms with Crippen LogP contribution in [0.1, 0.15) is 13.3 Å². The first kappa shape index (κ1) is 6.90. The van der Waals surface area contributed by atoms with Crippen molar-refractivity contribution in [2.24, 2.45) is 5.92 Å². The quantitative estimate of drug-likeness (QED) is 0.513. The molecule has 0 bridgehead atoms. The zero-order valence-corrected chi connectivity index (χ0v) is 6.80. The normalized spacial score (nSPS) is 34.8. The SMILES string of the molecule is CC1NCCC2=CC=C=CC21. The van der Waals surface area contributed by atoms with Crippen LogP contribution in [0.4, 0.5) is 0 Å². The molecule has 2 aliphatic rings. The monoisotopic (exact) mass is 147 g/mol. The molecule has 1 nitrogen and oxygen atoms in total. The highest BCUT2D eigenvalue weighted by Gasteiger charge is 2.23. The second-order valence-corrected chi connectivity index (χ2v) is 3.26. The summed E-state index contributed by atoms with van der Waals surface area (Å²) in [5, 5.41) is 3.46. The minimum Gasteiger partial charge on any atom is -0.313 e. The molecule has 0 aromatic heterocycles.